The zero-order valence-electron chi connectivity index (χ0n) is 9.24. The van der Waals surface area contributed by atoms with Gasteiger partial charge in [-0.15, -0.1) is 5.10 Å². The van der Waals surface area contributed by atoms with Crippen LogP contribution in [0.5, 0.6) is 0 Å². The van der Waals surface area contributed by atoms with Crippen molar-refractivity contribution < 1.29 is 0 Å². The molecule has 1 unspecified atom stereocenters. The zero-order chi connectivity index (χ0) is 11.4. The summed E-state index contributed by atoms with van der Waals surface area (Å²) in [6.07, 6.45) is 6.42. The molecule has 2 rings (SSSR count). The highest BCUT2D eigenvalue weighted by Crippen LogP contribution is 2.04. The van der Waals surface area contributed by atoms with Crippen LogP contribution < -0.4 is 5.73 Å². The first-order valence-electron chi connectivity index (χ1n) is 5.30. The summed E-state index contributed by atoms with van der Waals surface area (Å²) < 4.78 is 1.81. The zero-order valence-corrected chi connectivity index (χ0v) is 9.24. The Morgan fingerprint density at radius 2 is 2.38 bits per heavy atom. The van der Waals surface area contributed by atoms with Gasteiger partial charge in [0.05, 0.1) is 11.9 Å². The molecule has 2 N–H and O–H groups in total. The van der Waals surface area contributed by atoms with E-state index in [2.05, 4.69) is 21.4 Å². The number of hydrogen-bond acceptors (Lipinski definition) is 4. The van der Waals surface area contributed by atoms with Crippen molar-refractivity contribution in [1.82, 2.24) is 20.0 Å². The van der Waals surface area contributed by atoms with Crippen molar-refractivity contribution in [3.8, 4) is 0 Å². The molecule has 2 aromatic rings. The molecule has 0 fully saturated rings. The maximum Gasteiger partial charge on any atom is 0.0991 e. The van der Waals surface area contributed by atoms with E-state index in [1.165, 1.54) is 5.56 Å². The van der Waals surface area contributed by atoms with Gasteiger partial charge in [0.2, 0.25) is 0 Å². The first-order valence-corrected chi connectivity index (χ1v) is 5.30. The molecule has 0 bridgehead atoms. The van der Waals surface area contributed by atoms with Crippen molar-refractivity contribution in [2.75, 3.05) is 0 Å². The van der Waals surface area contributed by atoms with Crippen LogP contribution in [0.1, 0.15) is 24.2 Å². The van der Waals surface area contributed by atoms with Crippen molar-refractivity contribution in [2.24, 2.45) is 5.73 Å². The predicted octanol–water partition coefficient (Wildman–Crippen LogP) is 0.936. The Balaban J connectivity index is 1.95. The molecule has 5 heteroatoms. The molecule has 2 aromatic heterocycles. The molecule has 0 aromatic carbocycles. The van der Waals surface area contributed by atoms with Gasteiger partial charge in [-0.2, -0.15) is 0 Å². The van der Waals surface area contributed by atoms with Gasteiger partial charge in [-0.3, -0.25) is 9.67 Å². The van der Waals surface area contributed by atoms with Crippen LogP contribution in [0.2, 0.25) is 0 Å². The van der Waals surface area contributed by atoms with Gasteiger partial charge in [0, 0.05) is 25.0 Å². The molecular weight excluding hydrogens is 202 g/mol. The maximum absolute atomic E-state index is 5.71. The smallest absolute Gasteiger partial charge is 0.0991 e. The van der Waals surface area contributed by atoms with Gasteiger partial charge >= 0.3 is 0 Å². The lowest BCUT2D eigenvalue weighted by atomic mass is 10.2. The average Bonchev–Trinajstić information content (AvgIpc) is 2.76. The molecule has 2 heterocycles. The van der Waals surface area contributed by atoms with Gasteiger partial charge in [0.25, 0.3) is 0 Å². The van der Waals surface area contributed by atoms with E-state index in [0.29, 0.717) is 0 Å². The lowest BCUT2D eigenvalue weighted by molar-refractivity contribution is 0.588. The molecule has 84 valence electrons. The summed E-state index contributed by atoms with van der Waals surface area (Å²) in [5.74, 6) is 0. The van der Waals surface area contributed by atoms with E-state index < -0.39 is 0 Å². The van der Waals surface area contributed by atoms with Crippen LogP contribution in [-0.2, 0) is 13.0 Å². The van der Waals surface area contributed by atoms with E-state index >= 15 is 0 Å². The lowest BCUT2D eigenvalue weighted by Gasteiger charge is -2.00. The van der Waals surface area contributed by atoms with Crippen molar-refractivity contribution >= 4 is 0 Å². The number of rotatable bonds is 4. The Labute approximate surface area is 94.3 Å². The summed E-state index contributed by atoms with van der Waals surface area (Å²) in [6.45, 7) is 2.70. The van der Waals surface area contributed by atoms with Gasteiger partial charge in [-0.05, 0) is 25.0 Å². The summed E-state index contributed by atoms with van der Waals surface area (Å²) in [4.78, 5) is 4.07. The van der Waals surface area contributed by atoms with Gasteiger partial charge < -0.3 is 5.73 Å². The van der Waals surface area contributed by atoms with E-state index in [-0.39, 0.29) is 6.04 Å². The fourth-order valence-electron chi connectivity index (χ4n) is 1.42. The van der Waals surface area contributed by atoms with Crippen molar-refractivity contribution in [1.29, 1.82) is 0 Å². The first kappa shape index (κ1) is 10.8. The monoisotopic (exact) mass is 217 g/mol. The predicted molar refractivity (Wildman–Crippen MR) is 60.6 cm³/mol. The minimum absolute atomic E-state index is 0.0628. The topological polar surface area (TPSA) is 69.6 Å². The minimum Gasteiger partial charge on any atom is -0.323 e. The molecule has 0 aliphatic carbocycles. The van der Waals surface area contributed by atoms with Crippen molar-refractivity contribution in [3.05, 3.63) is 42.0 Å². The Morgan fingerprint density at radius 1 is 1.50 bits per heavy atom. The second-order valence-electron chi connectivity index (χ2n) is 3.81. The average molecular weight is 217 g/mol. The van der Waals surface area contributed by atoms with Crippen molar-refractivity contribution in [2.45, 2.75) is 25.9 Å². The summed E-state index contributed by atoms with van der Waals surface area (Å²) >= 11 is 0. The molecule has 0 radical (unpaired) electrons. The number of pyridine rings is 1. The lowest BCUT2D eigenvalue weighted by Crippen LogP contribution is -2.05. The largest absolute Gasteiger partial charge is 0.323 e. The van der Waals surface area contributed by atoms with Crippen LogP contribution in [-0.4, -0.2) is 20.0 Å². The minimum atomic E-state index is -0.0628. The van der Waals surface area contributed by atoms with Gasteiger partial charge in [-0.1, -0.05) is 11.3 Å². The Morgan fingerprint density at radius 3 is 3.00 bits per heavy atom. The fraction of sp³-hybridized carbons (Fsp3) is 0.364. The summed E-state index contributed by atoms with van der Waals surface area (Å²) in [6, 6.07) is 3.92. The highest BCUT2D eigenvalue weighted by atomic mass is 15.4. The molecule has 0 saturated carbocycles. The Kier molecular flexibility index (Phi) is 3.26. The van der Waals surface area contributed by atoms with E-state index in [4.69, 9.17) is 5.73 Å². The SMILES string of the molecule is CC(N)c1cn(CCc2cccnc2)nn1. The molecule has 5 nitrogen and oxygen atoms in total. The van der Waals surface area contributed by atoms with E-state index in [0.717, 1.165) is 18.7 Å². The van der Waals surface area contributed by atoms with Gasteiger partial charge in [0.1, 0.15) is 0 Å². The van der Waals surface area contributed by atoms with Crippen LogP contribution in [0, 0.1) is 0 Å². The molecular formula is C11H15N5. The molecule has 0 amide bonds. The summed E-state index contributed by atoms with van der Waals surface area (Å²) in [5, 5.41) is 8.02. The van der Waals surface area contributed by atoms with E-state index in [9.17, 15) is 0 Å². The quantitative estimate of drug-likeness (QED) is 0.827. The molecule has 0 aliphatic rings. The molecule has 1 atom stereocenters. The highest BCUT2D eigenvalue weighted by Gasteiger charge is 2.04. The normalized spacial score (nSPS) is 12.6. The number of hydrogen-bond donors (Lipinski definition) is 1. The molecule has 0 aliphatic heterocycles. The number of nitrogens with zero attached hydrogens (tertiary/aromatic N) is 4. The van der Waals surface area contributed by atoms with Gasteiger partial charge in [-0.25, -0.2) is 0 Å². The maximum atomic E-state index is 5.71. The molecule has 0 spiro atoms. The van der Waals surface area contributed by atoms with Crippen LogP contribution in [0.15, 0.2) is 30.7 Å². The third kappa shape index (κ3) is 2.64. The van der Waals surface area contributed by atoms with Crippen LogP contribution in [0.4, 0.5) is 0 Å². The standard InChI is InChI=1S/C11H15N5/c1-9(12)11-8-16(15-14-11)6-4-10-3-2-5-13-7-10/h2-3,5,7-9H,4,6,12H2,1H3. The molecule has 0 saturated heterocycles. The number of nitrogens with two attached hydrogens (primary N) is 1. The third-order valence-electron chi connectivity index (χ3n) is 2.38. The second-order valence-corrected chi connectivity index (χ2v) is 3.81. The number of aryl methyl sites for hydroxylation is 2. The van der Waals surface area contributed by atoms with Crippen molar-refractivity contribution in [3.63, 3.8) is 0 Å². The fourth-order valence-corrected chi connectivity index (χ4v) is 1.42. The Hall–Kier alpha value is -1.75. The Bertz CT molecular complexity index is 435. The first-order chi connectivity index (χ1) is 7.75. The van der Waals surface area contributed by atoms with E-state index in [1.807, 2.05) is 30.1 Å². The van der Waals surface area contributed by atoms with Crippen LogP contribution in [0.3, 0.4) is 0 Å². The second kappa shape index (κ2) is 4.85. The summed E-state index contributed by atoms with van der Waals surface area (Å²) in [7, 11) is 0. The van der Waals surface area contributed by atoms with E-state index in [1.54, 1.807) is 6.20 Å². The van der Waals surface area contributed by atoms with Gasteiger partial charge in [0.15, 0.2) is 0 Å². The highest BCUT2D eigenvalue weighted by molar-refractivity contribution is 5.08. The van der Waals surface area contributed by atoms with Crippen LogP contribution in [0.25, 0.3) is 0 Å². The van der Waals surface area contributed by atoms with Crippen LogP contribution >= 0.6 is 0 Å². The third-order valence-corrected chi connectivity index (χ3v) is 2.38. The summed E-state index contributed by atoms with van der Waals surface area (Å²) in [5.41, 5.74) is 7.73. The molecule has 16 heavy (non-hydrogen) atoms. The number of aromatic nitrogens is 4.